The third-order valence-corrected chi connectivity index (χ3v) is 1.65. The number of phenolic OH excluding ortho intramolecular Hbond substituents is 1. The van der Waals surface area contributed by atoms with E-state index >= 15 is 0 Å². The van der Waals surface area contributed by atoms with Gasteiger partial charge in [0.15, 0.2) is 0 Å². The van der Waals surface area contributed by atoms with Gasteiger partial charge in [-0.3, -0.25) is 0 Å². The summed E-state index contributed by atoms with van der Waals surface area (Å²) in [6.45, 7) is 1.48. The van der Waals surface area contributed by atoms with Crippen LogP contribution >= 0.6 is 0 Å². The normalized spacial score (nSPS) is 11.3. The molecule has 0 aliphatic rings. The van der Waals surface area contributed by atoms with Crippen molar-refractivity contribution >= 4 is 12.0 Å². The van der Waals surface area contributed by atoms with E-state index in [1.807, 2.05) is 0 Å². The third-order valence-electron chi connectivity index (χ3n) is 1.65. The van der Waals surface area contributed by atoms with Crippen LogP contribution in [0.25, 0.3) is 6.08 Å². The van der Waals surface area contributed by atoms with Crippen LogP contribution in [0.5, 0.6) is 5.75 Å². The average molecular weight is 178 g/mol. The number of para-hydroxylation sites is 1. The largest absolute Gasteiger partial charge is 0.507 e. The van der Waals surface area contributed by atoms with E-state index in [1.165, 1.54) is 19.1 Å². The van der Waals surface area contributed by atoms with Crippen LogP contribution in [0.2, 0.25) is 0 Å². The summed E-state index contributed by atoms with van der Waals surface area (Å²) in [7, 11) is 0. The van der Waals surface area contributed by atoms with Gasteiger partial charge in [0.25, 0.3) is 0 Å². The van der Waals surface area contributed by atoms with Crippen molar-refractivity contribution in [1.82, 2.24) is 0 Å². The van der Waals surface area contributed by atoms with Crippen molar-refractivity contribution in [3.63, 3.8) is 0 Å². The van der Waals surface area contributed by atoms with E-state index in [2.05, 4.69) is 0 Å². The molecule has 0 spiro atoms. The molecule has 0 bridgehead atoms. The van der Waals surface area contributed by atoms with Gasteiger partial charge < -0.3 is 10.2 Å². The molecule has 0 fully saturated rings. The Morgan fingerprint density at radius 3 is 2.54 bits per heavy atom. The molecule has 1 aromatic rings. The van der Waals surface area contributed by atoms with Crippen LogP contribution in [-0.2, 0) is 4.79 Å². The fraction of sp³-hybridized carbons (Fsp3) is 0.100. The highest BCUT2D eigenvalue weighted by Crippen LogP contribution is 2.18. The van der Waals surface area contributed by atoms with Gasteiger partial charge in [0.2, 0.25) is 0 Å². The first-order chi connectivity index (χ1) is 6.11. The minimum absolute atomic E-state index is 0.0862. The van der Waals surface area contributed by atoms with Gasteiger partial charge in [-0.15, -0.1) is 0 Å². The van der Waals surface area contributed by atoms with Gasteiger partial charge in [-0.2, -0.15) is 0 Å². The fourth-order valence-corrected chi connectivity index (χ4v) is 0.905. The second-order valence-corrected chi connectivity index (χ2v) is 2.69. The molecule has 2 N–H and O–H groups in total. The molecule has 3 heteroatoms. The maximum Gasteiger partial charge on any atom is 0.331 e. The summed E-state index contributed by atoms with van der Waals surface area (Å²) < 4.78 is 0. The quantitative estimate of drug-likeness (QED) is 0.680. The molecule has 0 aromatic heterocycles. The predicted octanol–water partition coefficient (Wildman–Crippen LogP) is 1.88. The van der Waals surface area contributed by atoms with Crippen LogP contribution in [0.4, 0.5) is 0 Å². The van der Waals surface area contributed by atoms with E-state index in [1.54, 1.807) is 18.2 Å². The number of aromatic hydroxyl groups is 1. The molecule has 1 rings (SSSR count). The first-order valence-electron chi connectivity index (χ1n) is 3.81. The third kappa shape index (κ3) is 2.33. The van der Waals surface area contributed by atoms with Crippen LogP contribution in [-0.4, -0.2) is 16.2 Å². The van der Waals surface area contributed by atoms with Gasteiger partial charge in [0, 0.05) is 11.1 Å². The van der Waals surface area contributed by atoms with E-state index in [0.29, 0.717) is 5.56 Å². The number of carboxylic acid groups (broad SMARTS) is 1. The Hall–Kier alpha value is -1.77. The molecular formula is C10H10O3. The summed E-state index contributed by atoms with van der Waals surface area (Å²) in [6.07, 6.45) is 1.43. The number of rotatable bonds is 2. The zero-order valence-corrected chi connectivity index (χ0v) is 7.19. The maximum absolute atomic E-state index is 10.5. The molecule has 1 aromatic carbocycles. The molecule has 3 nitrogen and oxygen atoms in total. The number of hydrogen-bond donors (Lipinski definition) is 2. The molecule has 0 aliphatic heterocycles. The molecule has 0 radical (unpaired) electrons. The molecule has 0 atom stereocenters. The molecule has 0 unspecified atom stereocenters. The van der Waals surface area contributed by atoms with E-state index in [9.17, 15) is 9.90 Å². The molecule has 68 valence electrons. The highest BCUT2D eigenvalue weighted by Gasteiger charge is 2.01. The van der Waals surface area contributed by atoms with Crippen molar-refractivity contribution in [2.24, 2.45) is 0 Å². The zero-order chi connectivity index (χ0) is 9.84. The van der Waals surface area contributed by atoms with Crippen molar-refractivity contribution < 1.29 is 15.0 Å². The summed E-state index contributed by atoms with van der Waals surface area (Å²) in [6, 6.07) is 6.59. The maximum atomic E-state index is 10.5. The van der Waals surface area contributed by atoms with Crippen molar-refractivity contribution in [2.45, 2.75) is 6.92 Å². The van der Waals surface area contributed by atoms with Crippen molar-refractivity contribution in [3.05, 3.63) is 35.4 Å². The van der Waals surface area contributed by atoms with Gasteiger partial charge in [0.1, 0.15) is 5.75 Å². The molecule has 0 saturated heterocycles. The van der Waals surface area contributed by atoms with E-state index < -0.39 is 5.97 Å². The molecule has 0 saturated carbocycles. The van der Waals surface area contributed by atoms with E-state index in [0.717, 1.165) is 0 Å². The van der Waals surface area contributed by atoms with Crippen LogP contribution in [0, 0.1) is 0 Å². The molecule has 0 aliphatic carbocycles. The van der Waals surface area contributed by atoms with Crippen LogP contribution in [0.15, 0.2) is 29.8 Å². The van der Waals surface area contributed by atoms with E-state index in [4.69, 9.17) is 5.11 Å². The van der Waals surface area contributed by atoms with Crippen LogP contribution in [0.3, 0.4) is 0 Å². The van der Waals surface area contributed by atoms with Gasteiger partial charge >= 0.3 is 5.97 Å². The summed E-state index contributed by atoms with van der Waals surface area (Å²) in [5.74, 6) is -0.897. The SMILES string of the molecule is C/C(=C\c1ccccc1O)C(=O)O. The second kappa shape index (κ2) is 3.76. The second-order valence-electron chi connectivity index (χ2n) is 2.69. The first kappa shape index (κ1) is 9.32. The summed E-state index contributed by atoms with van der Waals surface area (Å²) in [5.41, 5.74) is 0.712. The Labute approximate surface area is 76.0 Å². The standard InChI is InChI=1S/C10H10O3/c1-7(10(12)13)6-8-4-2-3-5-9(8)11/h2-6,11H,1H3,(H,12,13)/b7-6+. The zero-order valence-electron chi connectivity index (χ0n) is 7.19. The van der Waals surface area contributed by atoms with Crippen molar-refractivity contribution in [3.8, 4) is 5.75 Å². The minimum atomic E-state index is -0.983. The number of carboxylic acids is 1. The van der Waals surface area contributed by atoms with Gasteiger partial charge in [-0.25, -0.2) is 4.79 Å². The van der Waals surface area contributed by atoms with Crippen molar-refractivity contribution in [1.29, 1.82) is 0 Å². The van der Waals surface area contributed by atoms with Crippen LogP contribution in [0.1, 0.15) is 12.5 Å². The summed E-state index contributed by atoms with van der Waals surface area (Å²) >= 11 is 0. The molecule has 13 heavy (non-hydrogen) atoms. The number of aliphatic carboxylic acids is 1. The molecular weight excluding hydrogens is 168 g/mol. The lowest BCUT2D eigenvalue weighted by Crippen LogP contribution is -1.95. The Balaban J connectivity index is 3.04. The number of benzene rings is 1. The highest BCUT2D eigenvalue weighted by atomic mass is 16.4. The monoisotopic (exact) mass is 178 g/mol. The average Bonchev–Trinajstić information content (AvgIpc) is 2.08. The highest BCUT2D eigenvalue weighted by molar-refractivity contribution is 5.91. The lowest BCUT2D eigenvalue weighted by Gasteiger charge is -1.98. The Kier molecular flexibility index (Phi) is 2.69. The topological polar surface area (TPSA) is 57.5 Å². The first-order valence-corrected chi connectivity index (χ1v) is 3.81. The van der Waals surface area contributed by atoms with Crippen molar-refractivity contribution in [2.75, 3.05) is 0 Å². The van der Waals surface area contributed by atoms with Gasteiger partial charge in [-0.05, 0) is 19.1 Å². The van der Waals surface area contributed by atoms with Gasteiger partial charge in [-0.1, -0.05) is 18.2 Å². The van der Waals surface area contributed by atoms with Crippen LogP contribution < -0.4 is 0 Å². The number of phenols is 1. The Morgan fingerprint density at radius 1 is 1.38 bits per heavy atom. The van der Waals surface area contributed by atoms with Gasteiger partial charge in [0.05, 0.1) is 0 Å². The lowest BCUT2D eigenvalue weighted by atomic mass is 10.1. The Morgan fingerprint density at radius 2 is 2.00 bits per heavy atom. The number of hydrogen-bond acceptors (Lipinski definition) is 2. The Bertz CT molecular complexity index is 353. The summed E-state index contributed by atoms with van der Waals surface area (Å²) in [5, 5.41) is 17.9. The molecule has 0 amide bonds. The minimum Gasteiger partial charge on any atom is -0.507 e. The number of carbonyl (C=O) groups is 1. The smallest absolute Gasteiger partial charge is 0.331 e. The predicted molar refractivity (Wildman–Crippen MR) is 49.4 cm³/mol. The summed E-state index contributed by atoms with van der Waals surface area (Å²) in [4.78, 5) is 10.5. The lowest BCUT2D eigenvalue weighted by molar-refractivity contribution is -0.132. The fourth-order valence-electron chi connectivity index (χ4n) is 0.905. The molecule has 0 heterocycles. The van der Waals surface area contributed by atoms with E-state index in [-0.39, 0.29) is 11.3 Å².